The van der Waals surface area contributed by atoms with Crippen LogP contribution < -0.4 is 9.64 Å². The Morgan fingerprint density at radius 2 is 2.07 bits per heavy atom. The third kappa shape index (κ3) is 4.22. The molecule has 3 aliphatic rings. The molecule has 4 rings (SSSR count). The van der Waals surface area contributed by atoms with Crippen molar-refractivity contribution in [3.63, 3.8) is 0 Å². The summed E-state index contributed by atoms with van der Waals surface area (Å²) in [6.07, 6.45) is 6.34. The lowest BCUT2D eigenvalue weighted by atomic mass is 10.0. The number of ether oxygens (including phenoxy) is 1. The van der Waals surface area contributed by atoms with Crippen LogP contribution in [0, 0.1) is 5.92 Å². The van der Waals surface area contributed by atoms with E-state index in [1.165, 1.54) is 37.4 Å². The minimum atomic E-state index is -3.07. The SMILES string of the molecule is COc1cccc(N2C(=NC(=O)CCC3CCCC3)S[C@@H]3CS(=O)(=O)C[C@H]32)c1. The molecule has 28 heavy (non-hydrogen) atoms. The van der Waals surface area contributed by atoms with Gasteiger partial charge >= 0.3 is 0 Å². The molecule has 2 atom stereocenters. The van der Waals surface area contributed by atoms with Crippen molar-refractivity contribution in [2.75, 3.05) is 23.5 Å². The van der Waals surface area contributed by atoms with Gasteiger partial charge in [-0.2, -0.15) is 4.99 Å². The van der Waals surface area contributed by atoms with Gasteiger partial charge in [0.2, 0.25) is 5.91 Å². The largest absolute Gasteiger partial charge is 0.497 e. The summed E-state index contributed by atoms with van der Waals surface area (Å²) in [7, 11) is -1.47. The Labute approximate surface area is 170 Å². The van der Waals surface area contributed by atoms with Crippen LogP contribution in [0.1, 0.15) is 38.5 Å². The van der Waals surface area contributed by atoms with E-state index in [1.807, 2.05) is 29.2 Å². The smallest absolute Gasteiger partial charge is 0.248 e. The number of hydrogen-bond donors (Lipinski definition) is 0. The van der Waals surface area contributed by atoms with Crippen molar-refractivity contribution >= 4 is 38.4 Å². The molecule has 3 fully saturated rings. The van der Waals surface area contributed by atoms with Crippen LogP contribution in [0.25, 0.3) is 0 Å². The van der Waals surface area contributed by atoms with Crippen LogP contribution >= 0.6 is 11.8 Å². The van der Waals surface area contributed by atoms with Crippen molar-refractivity contribution in [2.45, 2.75) is 49.8 Å². The van der Waals surface area contributed by atoms with Crippen molar-refractivity contribution in [1.82, 2.24) is 0 Å². The monoisotopic (exact) mass is 422 g/mol. The first-order valence-corrected chi connectivity index (χ1v) is 12.6. The van der Waals surface area contributed by atoms with Gasteiger partial charge in [0.25, 0.3) is 0 Å². The number of thioether (sulfide) groups is 1. The maximum absolute atomic E-state index is 12.5. The zero-order chi connectivity index (χ0) is 19.7. The summed E-state index contributed by atoms with van der Waals surface area (Å²) < 4.78 is 29.6. The van der Waals surface area contributed by atoms with Crippen LogP contribution in [-0.2, 0) is 14.6 Å². The lowest BCUT2D eigenvalue weighted by Crippen LogP contribution is -2.37. The number of amides is 1. The van der Waals surface area contributed by atoms with E-state index in [0.29, 0.717) is 23.3 Å². The van der Waals surface area contributed by atoms with Crippen LogP contribution in [0.4, 0.5) is 5.69 Å². The number of fused-ring (bicyclic) bond motifs is 1. The quantitative estimate of drug-likeness (QED) is 0.725. The fourth-order valence-electron chi connectivity index (χ4n) is 4.42. The first-order valence-electron chi connectivity index (χ1n) is 9.87. The van der Waals surface area contributed by atoms with Crippen LogP contribution in [0.15, 0.2) is 29.3 Å². The number of hydrogen-bond acceptors (Lipinski definition) is 5. The van der Waals surface area contributed by atoms with Crippen LogP contribution in [0.5, 0.6) is 5.75 Å². The van der Waals surface area contributed by atoms with E-state index in [2.05, 4.69) is 4.99 Å². The van der Waals surface area contributed by atoms with Gasteiger partial charge in [-0.3, -0.25) is 4.79 Å². The van der Waals surface area contributed by atoms with Gasteiger partial charge in [0.05, 0.1) is 24.7 Å². The number of nitrogens with zero attached hydrogens (tertiary/aromatic N) is 2. The Morgan fingerprint density at radius 1 is 1.29 bits per heavy atom. The molecule has 2 aliphatic heterocycles. The Bertz CT molecular complexity index is 878. The highest BCUT2D eigenvalue weighted by molar-refractivity contribution is 8.16. The molecule has 0 radical (unpaired) electrons. The molecule has 0 spiro atoms. The number of benzene rings is 1. The highest BCUT2D eigenvalue weighted by Gasteiger charge is 2.49. The van der Waals surface area contributed by atoms with Crippen molar-refractivity contribution < 1.29 is 17.9 Å². The second kappa shape index (κ2) is 8.06. The number of sulfone groups is 1. The predicted molar refractivity (Wildman–Crippen MR) is 113 cm³/mol. The molecule has 152 valence electrons. The molecule has 6 nitrogen and oxygen atoms in total. The number of rotatable bonds is 5. The van der Waals surface area contributed by atoms with E-state index in [0.717, 1.165) is 12.1 Å². The predicted octanol–water partition coefficient (Wildman–Crippen LogP) is 3.27. The third-order valence-electron chi connectivity index (χ3n) is 5.86. The fourth-order valence-corrected chi connectivity index (χ4v) is 8.35. The Balaban J connectivity index is 1.56. The zero-order valence-electron chi connectivity index (χ0n) is 16.0. The van der Waals surface area contributed by atoms with Gasteiger partial charge < -0.3 is 9.64 Å². The normalized spacial score (nSPS) is 28.0. The van der Waals surface area contributed by atoms with Gasteiger partial charge in [-0.25, -0.2) is 8.42 Å². The number of methoxy groups -OCH3 is 1. The summed E-state index contributed by atoms with van der Waals surface area (Å²) in [6.45, 7) is 0. The molecule has 2 saturated heterocycles. The van der Waals surface area contributed by atoms with E-state index in [9.17, 15) is 13.2 Å². The molecule has 0 N–H and O–H groups in total. The zero-order valence-corrected chi connectivity index (χ0v) is 17.7. The summed E-state index contributed by atoms with van der Waals surface area (Å²) in [6, 6.07) is 7.30. The highest BCUT2D eigenvalue weighted by Crippen LogP contribution is 2.41. The maximum atomic E-state index is 12.5. The molecule has 1 aliphatic carbocycles. The van der Waals surface area contributed by atoms with Gasteiger partial charge in [-0.15, -0.1) is 0 Å². The van der Waals surface area contributed by atoms with Gasteiger partial charge in [-0.05, 0) is 24.5 Å². The van der Waals surface area contributed by atoms with Crippen LogP contribution in [0.2, 0.25) is 0 Å². The Kier molecular flexibility index (Phi) is 5.69. The first-order chi connectivity index (χ1) is 13.4. The van der Waals surface area contributed by atoms with Crippen molar-refractivity contribution in [2.24, 2.45) is 10.9 Å². The number of aliphatic imine (C=N–C) groups is 1. The molecule has 8 heteroatoms. The summed E-state index contributed by atoms with van der Waals surface area (Å²) >= 11 is 1.42. The molecule has 1 aromatic rings. The first kappa shape index (κ1) is 19.8. The topological polar surface area (TPSA) is 76.0 Å². The van der Waals surface area contributed by atoms with Crippen LogP contribution in [-0.4, -0.2) is 49.4 Å². The van der Waals surface area contributed by atoms with Gasteiger partial charge in [0, 0.05) is 23.4 Å². The van der Waals surface area contributed by atoms with E-state index in [-0.39, 0.29) is 28.7 Å². The van der Waals surface area contributed by atoms with Crippen molar-refractivity contribution in [3.8, 4) is 5.75 Å². The average Bonchev–Trinajstić information content (AvgIpc) is 3.34. The van der Waals surface area contributed by atoms with Crippen molar-refractivity contribution in [1.29, 1.82) is 0 Å². The van der Waals surface area contributed by atoms with Crippen LogP contribution in [0.3, 0.4) is 0 Å². The summed E-state index contributed by atoms with van der Waals surface area (Å²) in [4.78, 5) is 18.9. The molecule has 1 aromatic carbocycles. The fraction of sp³-hybridized carbons (Fsp3) is 0.600. The Morgan fingerprint density at radius 3 is 2.82 bits per heavy atom. The lowest BCUT2D eigenvalue weighted by molar-refractivity contribution is -0.118. The second-order valence-electron chi connectivity index (χ2n) is 7.85. The molecule has 1 amide bonds. The summed E-state index contributed by atoms with van der Waals surface area (Å²) in [5.41, 5.74) is 0.818. The van der Waals surface area contributed by atoms with Gasteiger partial charge in [0.15, 0.2) is 15.0 Å². The van der Waals surface area contributed by atoms with E-state index >= 15 is 0 Å². The summed E-state index contributed by atoms with van der Waals surface area (Å²) in [5.74, 6) is 1.47. The van der Waals surface area contributed by atoms with E-state index in [1.54, 1.807) is 7.11 Å². The standard InChI is InChI=1S/C20H26N2O4S2/c1-26-16-8-4-7-15(11-16)22-17-12-28(24,25)13-18(17)27-20(22)21-19(23)10-9-14-5-2-3-6-14/h4,7-8,11,14,17-18H,2-3,5-6,9-10,12-13H2,1H3/t17-,18-/m1/s1. The minimum absolute atomic E-state index is 0.0856. The molecule has 0 aromatic heterocycles. The maximum Gasteiger partial charge on any atom is 0.248 e. The Hall–Kier alpha value is -1.54. The molecule has 1 saturated carbocycles. The van der Waals surface area contributed by atoms with E-state index in [4.69, 9.17) is 4.74 Å². The van der Waals surface area contributed by atoms with Gasteiger partial charge in [0.1, 0.15) is 5.75 Å². The highest BCUT2D eigenvalue weighted by atomic mass is 32.2. The third-order valence-corrected chi connectivity index (χ3v) is 9.07. The van der Waals surface area contributed by atoms with Crippen molar-refractivity contribution in [3.05, 3.63) is 24.3 Å². The average molecular weight is 423 g/mol. The lowest BCUT2D eigenvalue weighted by Gasteiger charge is -2.24. The van der Waals surface area contributed by atoms with Gasteiger partial charge in [-0.1, -0.05) is 43.5 Å². The van der Waals surface area contributed by atoms with E-state index < -0.39 is 9.84 Å². The number of anilines is 1. The minimum Gasteiger partial charge on any atom is -0.497 e. The number of amidine groups is 1. The number of carbonyl (C=O) groups is 1. The molecule has 0 bridgehead atoms. The molecular weight excluding hydrogens is 396 g/mol. The summed E-state index contributed by atoms with van der Waals surface area (Å²) in [5, 5.41) is 0.534. The molecule has 2 heterocycles. The molecular formula is C20H26N2O4S2. The second-order valence-corrected chi connectivity index (χ2v) is 11.2. The molecule has 0 unspecified atom stereocenters. The number of carbonyl (C=O) groups excluding carboxylic acids is 1.